The highest BCUT2D eigenvalue weighted by Crippen LogP contribution is 2.36. The Balaban J connectivity index is 2.04. The summed E-state index contributed by atoms with van der Waals surface area (Å²) in [4.78, 5) is 0. The first-order chi connectivity index (χ1) is 7.61. The van der Waals surface area contributed by atoms with E-state index in [0.717, 1.165) is 21.1 Å². The summed E-state index contributed by atoms with van der Waals surface area (Å²) in [7, 11) is 1.66. The minimum atomic E-state index is -0.0165. The maximum absolute atomic E-state index is 6.02. The average molecular weight is 370 g/mol. The summed E-state index contributed by atoms with van der Waals surface area (Å²) in [5.74, 6) is 0.818. The minimum Gasteiger partial charge on any atom is -0.486 e. The van der Waals surface area contributed by atoms with Crippen LogP contribution in [0, 0.1) is 0 Å². The lowest BCUT2D eigenvalue weighted by molar-refractivity contribution is -0.0586. The SMILES string of the molecule is COC1C(Cl)CC1Oc1ccc(Br)cc1Br. The number of halogens is 3. The Bertz CT molecular complexity index is 386. The standard InChI is InChI=1S/C11H11Br2ClO2/c1-15-11-8(14)5-10(11)16-9-3-2-6(12)4-7(9)13/h2-4,8,10-11H,5H2,1H3. The van der Waals surface area contributed by atoms with E-state index in [0.29, 0.717) is 0 Å². The molecule has 0 aliphatic heterocycles. The number of hydrogen-bond acceptors (Lipinski definition) is 2. The van der Waals surface area contributed by atoms with E-state index >= 15 is 0 Å². The predicted molar refractivity (Wildman–Crippen MR) is 71.3 cm³/mol. The van der Waals surface area contributed by atoms with E-state index in [4.69, 9.17) is 21.1 Å². The van der Waals surface area contributed by atoms with Gasteiger partial charge in [0.25, 0.3) is 0 Å². The Kier molecular flexibility index (Phi) is 4.16. The van der Waals surface area contributed by atoms with Crippen molar-refractivity contribution in [1.29, 1.82) is 0 Å². The number of benzene rings is 1. The van der Waals surface area contributed by atoms with Crippen molar-refractivity contribution >= 4 is 43.5 Å². The largest absolute Gasteiger partial charge is 0.486 e. The van der Waals surface area contributed by atoms with Crippen molar-refractivity contribution < 1.29 is 9.47 Å². The Hall–Kier alpha value is 0.230. The van der Waals surface area contributed by atoms with E-state index in [1.54, 1.807) is 7.11 Å². The van der Waals surface area contributed by atoms with Crippen molar-refractivity contribution in [3.05, 3.63) is 27.1 Å². The molecule has 3 atom stereocenters. The fourth-order valence-electron chi connectivity index (χ4n) is 1.68. The number of methoxy groups -OCH3 is 1. The first kappa shape index (κ1) is 12.7. The van der Waals surface area contributed by atoms with E-state index in [2.05, 4.69) is 31.9 Å². The van der Waals surface area contributed by atoms with Gasteiger partial charge < -0.3 is 9.47 Å². The minimum absolute atomic E-state index is 0.0165. The van der Waals surface area contributed by atoms with Gasteiger partial charge in [-0.05, 0) is 34.1 Å². The Morgan fingerprint density at radius 2 is 2.12 bits per heavy atom. The van der Waals surface area contributed by atoms with Gasteiger partial charge in [-0.1, -0.05) is 15.9 Å². The van der Waals surface area contributed by atoms with Crippen molar-refractivity contribution in [3.8, 4) is 5.75 Å². The van der Waals surface area contributed by atoms with Gasteiger partial charge in [-0.15, -0.1) is 11.6 Å². The zero-order valence-corrected chi connectivity index (χ0v) is 12.5. The van der Waals surface area contributed by atoms with Crippen LogP contribution in [-0.2, 0) is 4.74 Å². The highest BCUT2D eigenvalue weighted by Gasteiger charge is 2.42. The van der Waals surface area contributed by atoms with Gasteiger partial charge in [0.2, 0.25) is 0 Å². The van der Waals surface area contributed by atoms with Gasteiger partial charge in [-0.2, -0.15) is 0 Å². The number of hydrogen-bond donors (Lipinski definition) is 0. The molecular formula is C11H11Br2ClO2. The summed E-state index contributed by atoms with van der Waals surface area (Å²) >= 11 is 12.9. The molecule has 16 heavy (non-hydrogen) atoms. The highest BCUT2D eigenvalue weighted by molar-refractivity contribution is 9.11. The maximum Gasteiger partial charge on any atom is 0.134 e. The third-order valence-corrected chi connectivity index (χ3v) is 4.16. The van der Waals surface area contributed by atoms with Crippen LogP contribution < -0.4 is 4.74 Å². The van der Waals surface area contributed by atoms with Crippen molar-refractivity contribution in [3.63, 3.8) is 0 Å². The van der Waals surface area contributed by atoms with Crippen LogP contribution in [0.15, 0.2) is 27.1 Å². The molecule has 1 aliphatic carbocycles. The molecule has 0 aromatic heterocycles. The second-order valence-electron chi connectivity index (χ2n) is 3.68. The number of ether oxygens (including phenoxy) is 2. The molecule has 0 radical (unpaired) electrons. The van der Waals surface area contributed by atoms with E-state index < -0.39 is 0 Å². The van der Waals surface area contributed by atoms with Crippen LogP contribution in [0.5, 0.6) is 5.75 Å². The van der Waals surface area contributed by atoms with Crippen molar-refractivity contribution in [1.82, 2.24) is 0 Å². The van der Waals surface area contributed by atoms with Crippen molar-refractivity contribution in [2.24, 2.45) is 0 Å². The number of alkyl halides is 1. The molecule has 88 valence electrons. The molecule has 3 unspecified atom stereocenters. The molecule has 0 saturated heterocycles. The van der Waals surface area contributed by atoms with Crippen molar-refractivity contribution in [2.45, 2.75) is 24.0 Å². The molecule has 1 saturated carbocycles. The molecule has 5 heteroatoms. The lowest BCUT2D eigenvalue weighted by atomic mass is 9.91. The topological polar surface area (TPSA) is 18.5 Å². The molecule has 1 aliphatic rings. The number of rotatable bonds is 3. The smallest absolute Gasteiger partial charge is 0.134 e. The second kappa shape index (κ2) is 5.25. The zero-order valence-electron chi connectivity index (χ0n) is 8.62. The van der Waals surface area contributed by atoms with Crippen LogP contribution in [-0.4, -0.2) is 24.7 Å². The third-order valence-electron chi connectivity index (χ3n) is 2.62. The van der Waals surface area contributed by atoms with Crippen LogP contribution in [0.1, 0.15) is 6.42 Å². The normalized spacial score (nSPS) is 28.6. The molecule has 0 bridgehead atoms. The monoisotopic (exact) mass is 368 g/mol. The predicted octanol–water partition coefficient (Wildman–Crippen LogP) is 3.99. The van der Waals surface area contributed by atoms with Gasteiger partial charge in [-0.3, -0.25) is 0 Å². The molecule has 1 aromatic rings. The molecule has 0 spiro atoms. The highest BCUT2D eigenvalue weighted by atomic mass is 79.9. The van der Waals surface area contributed by atoms with Gasteiger partial charge in [0, 0.05) is 18.0 Å². The zero-order chi connectivity index (χ0) is 11.7. The van der Waals surface area contributed by atoms with Crippen LogP contribution >= 0.6 is 43.5 Å². The molecule has 2 rings (SSSR count). The van der Waals surface area contributed by atoms with E-state index in [-0.39, 0.29) is 17.6 Å². The fraction of sp³-hybridized carbons (Fsp3) is 0.455. The first-order valence-corrected chi connectivity index (χ1v) is 6.92. The van der Waals surface area contributed by atoms with Crippen LogP contribution in [0.2, 0.25) is 0 Å². The molecular weight excluding hydrogens is 359 g/mol. The summed E-state index contributed by atoms with van der Waals surface area (Å²) in [6.45, 7) is 0. The fourth-order valence-corrected chi connectivity index (χ4v) is 3.26. The summed E-state index contributed by atoms with van der Waals surface area (Å²) < 4.78 is 13.0. The van der Waals surface area contributed by atoms with Crippen LogP contribution in [0.25, 0.3) is 0 Å². The maximum atomic E-state index is 6.02. The van der Waals surface area contributed by atoms with E-state index in [1.165, 1.54) is 0 Å². The molecule has 0 heterocycles. The lowest BCUT2D eigenvalue weighted by Gasteiger charge is -2.39. The molecule has 1 fully saturated rings. The Morgan fingerprint density at radius 1 is 1.38 bits per heavy atom. The van der Waals surface area contributed by atoms with Crippen LogP contribution in [0.3, 0.4) is 0 Å². The summed E-state index contributed by atoms with van der Waals surface area (Å²) in [6.07, 6.45) is 0.852. The van der Waals surface area contributed by atoms with Crippen molar-refractivity contribution in [2.75, 3.05) is 7.11 Å². The van der Waals surface area contributed by atoms with E-state index in [9.17, 15) is 0 Å². The summed E-state index contributed by atoms with van der Waals surface area (Å²) in [5.41, 5.74) is 0. The van der Waals surface area contributed by atoms with Crippen LogP contribution in [0.4, 0.5) is 0 Å². The first-order valence-electron chi connectivity index (χ1n) is 4.90. The molecule has 2 nitrogen and oxygen atoms in total. The Labute approximate surface area is 117 Å². The van der Waals surface area contributed by atoms with Gasteiger partial charge >= 0.3 is 0 Å². The average Bonchev–Trinajstić information content (AvgIpc) is 2.21. The molecule has 0 amide bonds. The summed E-state index contributed by atoms with van der Waals surface area (Å²) in [6, 6.07) is 5.81. The van der Waals surface area contributed by atoms with Gasteiger partial charge in [-0.25, -0.2) is 0 Å². The molecule has 1 aromatic carbocycles. The van der Waals surface area contributed by atoms with Gasteiger partial charge in [0.1, 0.15) is 18.0 Å². The third kappa shape index (κ3) is 2.55. The summed E-state index contributed by atoms with van der Waals surface area (Å²) in [5, 5.41) is 0.0595. The molecule has 0 N–H and O–H groups in total. The van der Waals surface area contributed by atoms with Gasteiger partial charge in [0.15, 0.2) is 0 Å². The quantitative estimate of drug-likeness (QED) is 0.749. The Morgan fingerprint density at radius 3 is 2.69 bits per heavy atom. The van der Waals surface area contributed by atoms with E-state index in [1.807, 2.05) is 18.2 Å². The second-order valence-corrected chi connectivity index (χ2v) is 6.01. The lowest BCUT2D eigenvalue weighted by Crippen LogP contribution is -2.52. The van der Waals surface area contributed by atoms with Gasteiger partial charge in [0.05, 0.1) is 9.85 Å².